The summed E-state index contributed by atoms with van der Waals surface area (Å²) in [7, 11) is 0. The van der Waals surface area contributed by atoms with Crippen LogP contribution in [-0.4, -0.2) is 26.8 Å². The molecule has 1 aromatic carbocycles. The largest absolute Gasteiger partial charge is 0.352 e. The molecule has 1 atom stereocenters. The summed E-state index contributed by atoms with van der Waals surface area (Å²) in [5.74, 6) is -0.143. The van der Waals surface area contributed by atoms with E-state index >= 15 is 0 Å². The Bertz CT molecular complexity index is 1080. The van der Waals surface area contributed by atoms with Crippen LogP contribution in [0.1, 0.15) is 17.8 Å². The molecule has 4 rings (SSSR count). The highest BCUT2D eigenvalue weighted by molar-refractivity contribution is 8.00. The summed E-state index contributed by atoms with van der Waals surface area (Å²) in [6.07, 6.45) is 1.61. The Morgan fingerprint density at radius 3 is 3.08 bits per heavy atom. The van der Waals surface area contributed by atoms with E-state index in [2.05, 4.69) is 20.5 Å². The molecule has 132 valence electrons. The van der Waals surface area contributed by atoms with Gasteiger partial charge in [0.05, 0.1) is 23.5 Å². The van der Waals surface area contributed by atoms with E-state index in [0.717, 1.165) is 26.7 Å². The van der Waals surface area contributed by atoms with Crippen molar-refractivity contribution in [2.75, 3.05) is 5.75 Å². The first kappa shape index (κ1) is 17.0. The van der Waals surface area contributed by atoms with Crippen molar-refractivity contribution in [2.45, 2.75) is 18.0 Å². The fourth-order valence-corrected chi connectivity index (χ4v) is 4.30. The lowest BCUT2D eigenvalue weighted by molar-refractivity contribution is -0.119. The van der Waals surface area contributed by atoms with Crippen LogP contribution in [0.5, 0.6) is 0 Å². The molecule has 2 N–H and O–H groups in total. The van der Waals surface area contributed by atoms with E-state index in [9.17, 15) is 9.18 Å². The number of fused-ring (bicyclic) bond motifs is 3. The number of thioether (sulfide) groups is 1. The zero-order valence-corrected chi connectivity index (χ0v) is 15.5. The quantitative estimate of drug-likeness (QED) is 0.502. The molecule has 0 bridgehead atoms. The zero-order chi connectivity index (χ0) is 18.1. The zero-order valence-electron chi connectivity index (χ0n) is 13.8. The third kappa shape index (κ3) is 3.30. The number of nitrogens with zero attached hydrogens (tertiary/aromatic N) is 2. The standard InChI is InChI=1S/C18H15FN4OS2/c1-10(15-3-2-6-25-15)21-16(24)9-26-18-17-13(8-20-23-18)12-7-11(19)4-5-14(12)22-17/h2-8,10,22H,9H2,1H3,(H,21,24). The molecule has 26 heavy (non-hydrogen) atoms. The molecule has 0 saturated heterocycles. The van der Waals surface area contributed by atoms with Gasteiger partial charge in [-0.2, -0.15) is 5.10 Å². The maximum atomic E-state index is 13.5. The molecule has 1 amide bonds. The molecule has 0 spiro atoms. The molecule has 3 heterocycles. The fourth-order valence-electron chi connectivity index (χ4n) is 2.80. The van der Waals surface area contributed by atoms with Crippen molar-refractivity contribution in [3.63, 3.8) is 0 Å². The Balaban J connectivity index is 1.52. The molecule has 3 aromatic heterocycles. The summed E-state index contributed by atoms with van der Waals surface area (Å²) in [4.78, 5) is 16.6. The van der Waals surface area contributed by atoms with Gasteiger partial charge in [-0.15, -0.1) is 16.4 Å². The van der Waals surface area contributed by atoms with Crippen LogP contribution in [0.25, 0.3) is 21.8 Å². The highest BCUT2D eigenvalue weighted by atomic mass is 32.2. The van der Waals surface area contributed by atoms with Crippen molar-refractivity contribution in [3.05, 3.63) is 52.6 Å². The van der Waals surface area contributed by atoms with Gasteiger partial charge in [0.25, 0.3) is 0 Å². The highest BCUT2D eigenvalue weighted by Gasteiger charge is 2.14. The number of hydrogen-bond donors (Lipinski definition) is 2. The average molecular weight is 386 g/mol. The van der Waals surface area contributed by atoms with Gasteiger partial charge < -0.3 is 10.3 Å². The van der Waals surface area contributed by atoms with Gasteiger partial charge in [-0.1, -0.05) is 17.8 Å². The van der Waals surface area contributed by atoms with Gasteiger partial charge in [-0.3, -0.25) is 4.79 Å². The van der Waals surface area contributed by atoms with Crippen LogP contribution in [0.15, 0.2) is 46.9 Å². The van der Waals surface area contributed by atoms with Crippen molar-refractivity contribution in [1.29, 1.82) is 0 Å². The van der Waals surface area contributed by atoms with Crippen LogP contribution in [0.2, 0.25) is 0 Å². The van der Waals surface area contributed by atoms with Crippen molar-refractivity contribution in [2.24, 2.45) is 0 Å². The van der Waals surface area contributed by atoms with Crippen LogP contribution in [0.4, 0.5) is 4.39 Å². The van der Waals surface area contributed by atoms with E-state index in [1.54, 1.807) is 23.6 Å². The first-order chi connectivity index (χ1) is 12.6. The molecular formula is C18H15FN4OS2. The van der Waals surface area contributed by atoms with E-state index in [1.807, 2.05) is 24.4 Å². The number of amides is 1. The summed E-state index contributed by atoms with van der Waals surface area (Å²) in [6.45, 7) is 1.96. The SMILES string of the molecule is CC(NC(=O)CSc1nncc2c1[nH]c1ccc(F)cc12)c1cccs1. The number of aromatic nitrogens is 3. The monoisotopic (exact) mass is 386 g/mol. The van der Waals surface area contributed by atoms with Crippen LogP contribution in [0.3, 0.4) is 0 Å². The maximum Gasteiger partial charge on any atom is 0.230 e. The molecular weight excluding hydrogens is 371 g/mol. The Hall–Kier alpha value is -2.45. The molecule has 1 unspecified atom stereocenters. The van der Waals surface area contributed by atoms with E-state index in [-0.39, 0.29) is 23.5 Å². The van der Waals surface area contributed by atoms with Gasteiger partial charge >= 0.3 is 0 Å². The number of benzene rings is 1. The van der Waals surface area contributed by atoms with Crippen LogP contribution in [0, 0.1) is 5.82 Å². The molecule has 5 nitrogen and oxygen atoms in total. The topological polar surface area (TPSA) is 70.7 Å². The van der Waals surface area contributed by atoms with Crippen molar-refractivity contribution in [3.8, 4) is 0 Å². The minimum absolute atomic E-state index is 0.0268. The molecule has 0 radical (unpaired) electrons. The second kappa shape index (κ2) is 7.05. The van der Waals surface area contributed by atoms with Gasteiger partial charge in [0.2, 0.25) is 5.91 Å². The number of rotatable bonds is 5. The Labute approximate surface area is 157 Å². The van der Waals surface area contributed by atoms with Crippen molar-refractivity contribution >= 4 is 50.8 Å². The molecule has 4 aromatic rings. The average Bonchev–Trinajstić information content (AvgIpc) is 3.28. The third-order valence-electron chi connectivity index (χ3n) is 4.04. The molecule has 0 aliphatic rings. The lowest BCUT2D eigenvalue weighted by Crippen LogP contribution is -2.27. The summed E-state index contributed by atoms with van der Waals surface area (Å²) in [5.41, 5.74) is 1.58. The second-order valence-corrected chi connectivity index (χ2v) is 7.79. The van der Waals surface area contributed by atoms with Crippen molar-refractivity contribution in [1.82, 2.24) is 20.5 Å². The first-order valence-electron chi connectivity index (χ1n) is 8.00. The normalized spacial score (nSPS) is 12.5. The summed E-state index contributed by atoms with van der Waals surface area (Å²) in [6, 6.07) is 8.50. The minimum atomic E-state index is -0.300. The van der Waals surface area contributed by atoms with Crippen LogP contribution in [-0.2, 0) is 4.79 Å². The van der Waals surface area contributed by atoms with Crippen LogP contribution < -0.4 is 5.32 Å². The lowest BCUT2D eigenvalue weighted by atomic mass is 10.2. The number of nitrogens with one attached hydrogen (secondary N) is 2. The van der Waals surface area contributed by atoms with Crippen molar-refractivity contribution < 1.29 is 9.18 Å². The Kier molecular flexibility index (Phi) is 4.60. The molecule has 0 fully saturated rings. The Morgan fingerprint density at radius 2 is 2.27 bits per heavy atom. The fraction of sp³-hybridized carbons (Fsp3) is 0.167. The van der Waals surface area contributed by atoms with Gasteiger partial charge in [0, 0.05) is 21.2 Å². The summed E-state index contributed by atoms with van der Waals surface area (Å²) >= 11 is 2.92. The number of aromatic amines is 1. The molecule has 0 aliphatic carbocycles. The highest BCUT2D eigenvalue weighted by Crippen LogP contribution is 2.30. The number of thiophene rings is 1. The smallest absolute Gasteiger partial charge is 0.230 e. The van der Waals surface area contributed by atoms with E-state index in [4.69, 9.17) is 0 Å². The van der Waals surface area contributed by atoms with Gasteiger partial charge in [-0.25, -0.2) is 4.39 Å². The van der Waals surface area contributed by atoms with Crippen LogP contribution >= 0.6 is 23.1 Å². The third-order valence-corrected chi connectivity index (χ3v) is 6.06. The number of halogens is 1. The number of carbonyl (C=O) groups excluding carboxylic acids is 1. The van der Waals surface area contributed by atoms with Gasteiger partial charge in [0.1, 0.15) is 10.8 Å². The molecule has 0 saturated carbocycles. The molecule has 0 aliphatic heterocycles. The number of H-pyrrole nitrogens is 1. The summed E-state index contributed by atoms with van der Waals surface area (Å²) < 4.78 is 13.5. The summed E-state index contributed by atoms with van der Waals surface area (Å²) in [5, 5.41) is 15.3. The number of carbonyl (C=O) groups is 1. The first-order valence-corrected chi connectivity index (χ1v) is 9.86. The predicted molar refractivity (Wildman–Crippen MR) is 103 cm³/mol. The minimum Gasteiger partial charge on any atom is -0.352 e. The second-order valence-electron chi connectivity index (χ2n) is 5.85. The van der Waals surface area contributed by atoms with Gasteiger partial charge in [0.15, 0.2) is 0 Å². The van der Waals surface area contributed by atoms with E-state index < -0.39 is 0 Å². The lowest BCUT2D eigenvalue weighted by Gasteiger charge is -2.11. The van der Waals surface area contributed by atoms with E-state index in [0.29, 0.717) is 5.03 Å². The van der Waals surface area contributed by atoms with E-state index in [1.165, 1.54) is 23.9 Å². The maximum absolute atomic E-state index is 13.5. The van der Waals surface area contributed by atoms with Gasteiger partial charge in [-0.05, 0) is 36.6 Å². The Morgan fingerprint density at radius 1 is 1.38 bits per heavy atom. The number of hydrogen-bond acceptors (Lipinski definition) is 5. The predicted octanol–water partition coefficient (Wildman–Crippen LogP) is 4.28. The molecule has 8 heteroatoms.